The summed E-state index contributed by atoms with van der Waals surface area (Å²) in [6.07, 6.45) is -6.46. The predicted octanol–water partition coefficient (Wildman–Crippen LogP) is 2.23. The number of esters is 1. The van der Waals surface area contributed by atoms with Crippen LogP contribution in [-0.4, -0.2) is 58.3 Å². The van der Waals surface area contributed by atoms with E-state index in [-0.39, 0.29) is 17.8 Å². The number of ether oxygens (including phenoxy) is 3. The van der Waals surface area contributed by atoms with E-state index in [1.807, 2.05) is 0 Å². The summed E-state index contributed by atoms with van der Waals surface area (Å²) in [6, 6.07) is 0. The number of hydrogen-bond donors (Lipinski definition) is 0. The molecular formula is C15H15F6O9S2-. The van der Waals surface area contributed by atoms with Crippen LogP contribution in [0.2, 0.25) is 0 Å². The number of carbonyl (C=O) groups is 2. The van der Waals surface area contributed by atoms with E-state index >= 15 is 0 Å². The van der Waals surface area contributed by atoms with Crippen molar-refractivity contribution in [2.24, 2.45) is 17.8 Å². The Hall–Kier alpha value is -1.78. The maximum Gasteiger partial charge on any atom is 0.508 e. The summed E-state index contributed by atoms with van der Waals surface area (Å²) >= 11 is 0. The minimum absolute atomic E-state index is 0.198. The first kappa shape index (κ1) is 24.9. The van der Waals surface area contributed by atoms with Gasteiger partial charge in [-0.3, -0.25) is 21.6 Å². The topological polar surface area (TPSA) is 130 Å². The predicted molar refractivity (Wildman–Crippen MR) is 88.2 cm³/mol. The summed E-state index contributed by atoms with van der Waals surface area (Å²) in [5.74, 6) is -1.28. The van der Waals surface area contributed by atoms with Crippen molar-refractivity contribution in [1.82, 2.24) is 0 Å². The van der Waals surface area contributed by atoms with Gasteiger partial charge in [0.25, 0.3) is 0 Å². The van der Waals surface area contributed by atoms with Crippen molar-refractivity contribution in [3.63, 3.8) is 0 Å². The van der Waals surface area contributed by atoms with Crippen molar-refractivity contribution in [3.8, 4) is 0 Å². The Morgan fingerprint density at radius 2 is 1.62 bits per heavy atom. The number of halogens is 6. The number of alkyl halides is 6. The molecule has 3 rings (SSSR count). The molecule has 32 heavy (non-hydrogen) atoms. The standard InChI is InChI=1S/C15H15F6O9S2/c1-5(2-9(31(24,25)14(16,17)18)32(26,27)15(19,20)21)28-13(23)30-10-6-3-7-8(4-6)12(22)29-11(7)10/h5-8,10-11H,2-4H2,1H3/q-1. The molecule has 17 heteroatoms. The first-order chi connectivity index (χ1) is 14.4. The minimum Gasteiger partial charge on any atom is -0.458 e. The van der Waals surface area contributed by atoms with Crippen LogP contribution in [0.4, 0.5) is 31.1 Å². The van der Waals surface area contributed by atoms with Gasteiger partial charge in [-0.2, -0.15) is 26.3 Å². The van der Waals surface area contributed by atoms with Crippen molar-refractivity contribution < 1.29 is 67.0 Å². The van der Waals surface area contributed by atoms with E-state index in [0.717, 1.165) is 0 Å². The van der Waals surface area contributed by atoms with Gasteiger partial charge in [0, 0.05) is 11.8 Å². The van der Waals surface area contributed by atoms with Gasteiger partial charge in [-0.05, 0) is 19.8 Å². The molecule has 0 radical (unpaired) electrons. The summed E-state index contributed by atoms with van der Waals surface area (Å²) in [5, 5.41) is 0. The SMILES string of the molecule is CC(C[C-](S(=O)(=O)C(F)(F)F)S(=O)(=O)C(F)(F)F)OC(=O)OC1C2CC3C(=O)OC1C3C2. The van der Waals surface area contributed by atoms with E-state index in [1.165, 1.54) is 0 Å². The van der Waals surface area contributed by atoms with Gasteiger partial charge in [0.05, 0.1) is 12.0 Å². The molecule has 0 aromatic carbocycles. The van der Waals surface area contributed by atoms with Crippen molar-refractivity contribution in [2.75, 3.05) is 0 Å². The van der Waals surface area contributed by atoms with Gasteiger partial charge in [-0.15, -0.1) is 6.42 Å². The maximum atomic E-state index is 12.8. The molecule has 2 saturated carbocycles. The lowest BCUT2D eigenvalue weighted by atomic mass is 9.88. The van der Waals surface area contributed by atoms with E-state index < -0.39 is 72.1 Å². The molecule has 3 aliphatic rings. The molecule has 1 aliphatic heterocycles. The fourth-order valence-corrected chi connectivity index (χ4v) is 7.41. The number of fused-ring (bicyclic) bond motifs is 1. The monoisotopic (exact) mass is 517 g/mol. The van der Waals surface area contributed by atoms with E-state index in [2.05, 4.69) is 4.74 Å². The Bertz CT molecular complexity index is 959. The largest absolute Gasteiger partial charge is 0.508 e. The maximum absolute atomic E-state index is 12.8. The van der Waals surface area contributed by atoms with Crippen LogP contribution in [0.15, 0.2) is 0 Å². The fourth-order valence-electron chi connectivity index (χ4n) is 4.27. The second-order valence-electron chi connectivity index (χ2n) is 7.64. The van der Waals surface area contributed by atoms with Gasteiger partial charge < -0.3 is 14.2 Å². The third-order valence-corrected chi connectivity index (χ3v) is 9.67. The third kappa shape index (κ3) is 4.01. The molecule has 2 aliphatic carbocycles. The molecule has 2 bridgehead atoms. The second-order valence-corrected chi connectivity index (χ2v) is 11.8. The zero-order valence-electron chi connectivity index (χ0n) is 15.8. The smallest absolute Gasteiger partial charge is 0.458 e. The number of sulfone groups is 2. The molecule has 3 fully saturated rings. The molecule has 0 N–H and O–H groups in total. The highest BCUT2D eigenvalue weighted by Gasteiger charge is 2.63. The van der Waals surface area contributed by atoms with Crippen molar-refractivity contribution >= 4 is 31.8 Å². The Labute approximate surface area is 177 Å². The molecule has 9 nitrogen and oxygen atoms in total. The first-order valence-electron chi connectivity index (χ1n) is 8.94. The minimum atomic E-state index is -6.93. The van der Waals surface area contributed by atoms with Crippen LogP contribution in [0.3, 0.4) is 0 Å². The fraction of sp³-hybridized carbons (Fsp3) is 0.800. The molecule has 0 amide bonds. The Kier molecular flexibility index (Phi) is 5.93. The lowest BCUT2D eigenvalue weighted by Gasteiger charge is -2.33. The van der Waals surface area contributed by atoms with Gasteiger partial charge in [0.1, 0.15) is 31.9 Å². The van der Waals surface area contributed by atoms with Gasteiger partial charge >= 0.3 is 23.1 Å². The summed E-state index contributed by atoms with van der Waals surface area (Å²) in [5.41, 5.74) is -12.7. The molecule has 6 atom stereocenters. The van der Waals surface area contributed by atoms with E-state index in [9.17, 15) is 52.8 Å². The lowest BCUT2D eigenvalue weighted by molar-refractivity contribution is -0.146. The van der Waals surface area contributed by atoms with Gasteiger partial charge in [0.15, 0.2) is 0 Å². The van der Waals surface area contributed by atoms with Crippen LogP contribution in [0.5, 0.6) is 0 Å². The van der Waals surface area contributed by atoms with Gasteiger partial charge in [-0.1, -0.05) is 4.58 Å². The average molecular weight is 517 g/mol. The second kappa shape index (κ2) is 7.63. The van der Waals surface area contributed by atoms with Crippen LogP contribution in [-0.2, 0) is 38.7 Å². The molecule has 6 unspecified atom stereocenters. The number of rotatable bonds is 6. The number of carbonyl (C=O) groups excluding carboxylic acids is 2. The molecule has 1 saturated heterocycles. The van der Waals surface area contributed by atoms with E-state index in [4.69, 9.17) is 9.47 Å². The van der Waals surface area contributed by atoms with Crippen LogP contribution < -0.4 is 0 Å². The van der Waals surface area contributed by atoms with Crippen molar-refractivity contribution in [1.29, 1.82) is 0 Å². The molecule has 184 valence electrons. The number of hydrogen-bond acceptors (Lipinski definition) is 9. The highest BCUT2D eigenvalue weighted by molar-refractivity contribution is 8.13. The normalized spacial score (nSPS) is 31.0. The zero-order valence-corrected chi connectivity index (χ0v) is 17.5. The van der Waals surface area contributed by atoms with E-state index in [1.54, 1.807) is 0 Å². The zero-order chi connectivity index (χ0) is 24.4. The summed E-state index contributed by atoms with van der Waals surface area (Å²) < 4.78 is 134. The van der Waals surface area contributed by atoms with Crippen molar-refractivity contribution in [2.45, 2.75) is 55.5 Å². The van der Waals surface area contributed by atoms with Crippen molar-refractivity contribution in [3.05, 3.63) is 4.58 Å². The third-order valence-electron chi connectivity index (χ3n) is 5.61. The highest BCUT2D eigenvalue weighted by atomic mass is 32.3. The molecule has 1 heterocycles. The molecule has 0 aromatic heterocycles. The summed E-state index contributed by atoms with van der Waals surface area (Å²) in [6.45, 7) is 0.686. The van der Waals surface area contributed by atoms with E-state index in [0.29, 0.717) is 19.8 Å². The Morgan fingerprint density at radius 1 is 1.09 bits per heavy atom. The van der Waals surface area contributed by atoms with Crippen LogP contribution >= 0.6 is 0 Å². The summed E-state index contributed by atoms with van der Waals surface area (Å²) in [4.78, 5) is 23.7. The lowest BCUT2D eigenvalue weighted by Crippen LogP contribution is -2.41. The van der Waals surface area contributed by atoms with Crippen LogP contribution in [0.1, 0.15) is 26.2 Å². The highest BCUT2D eigenvalue weighted by Crippen LogP contribution is 2.55. The summed E-state index contributed by atoms with van der Waals surface area (Å²) in [7, 11) is -13.9. The quantitative estimate of drug-likeness (QED) is 0.296. The molecule has 0 spiro atoms. The Balaban J connectivity index is 1.71. The van der Waals surface area contributed by atoms with Crippen LogP contribution in [0.25, 0.3) is 0 Å². The average Bonchev–Trinajstić information content (AvgIpc) is 3.22. The van der Waals surface area contributed by atoms with Gasteiger partial charge in [0.2, 0.25) is 0 Å². The van der Waals surface area contributed by atoms with Gasteiger partial charge in [-0.25, -0.2) is 4.79 Å². The van der Waals surface area contributed by atoms with Crippen LogP contribution in [0, 0.1) is 22.3 Å². The first-order valence-corrected chi connectivity index (χ1v) is 11.9. The molecule has 0 aromatic rings. The molecular weight excluding hydrogens is 502 g/mol. The Morgan fingerprint density at radius 3 is 2.12 bits per heavy atom.